The number of ether oxygens (including phenoxy) is 4. The van der Waals surface area contributed by atoms with Gasteiger partial charge in [0.25, 0.3) is 0 Å². The van der Waals surface area contributed by atoms with E-state index in [-0.39, 0.29) is 64.1 Å². The first-order valence-electron chi connectivity index (χ1n) is 25.8. The van der Waals surface area contributed by atoms with Gasteiger partial charge in [-0.2, -0.15) is 0 Å². The van der Waals surface area contributed by atoms with E-state index in [2.05, 4.69) is 0 Å². The second-order valence-electron chi connectivity index (χ2n) is 21.4. The highest BCUT2D eigenvalue weighted by atomic mass is 16.6. The summed E-state index contributed by atoms with van der Waals surface area (Å²) in [7, 11) is 0. The van der Waals surface area contributed by atoms with Crippen LogP contribution in [0.1, 0.15) is 109 Å². The van der Waals surface area contributed by atoms with Crippen LogP contribution >= 0.6 is 0 Å². The summed E-state index contributed by atoms with van der Waals surface area (Å²) >= 11 is 0. The molecule has 8 aromatic rings. The van der Waals surface area contributed by atoms with Gasteiger partial charge in [-0.15, -0.1) is 0 Å². The molecule has 8 aromatic carbocycles. The fraction of sp³-hybridized carbons (Fsp3) is 0.312. The topological polar surface area (TPSA) is 227 Å². The van der Waals surface area contributed by atoms with Crippen molar-refractivity contribution in [1.29, 1.82) is 0 Å². The Kier molecular flexibility index (Phi) is 19.4. The number of esters is 4. The molecule has 0 bridgehead atoms. The van der Waals surface area contributed by atoms with E-state index in [4.69, 9.17) is 18.9 Å². The highest BCUT2D eigenvalue weighted by Crippen LogP contribution is 2.43. The van der Waals surface area contributed by atoms with E-state index < -0.39 is 21.7 Å². The molecule has 14 heteroatoms. The Bertz CT molecular complexity index is 3380. The smallest absolute Gasteiger partial charge is 0.316 e. The quantitative estimate of drug-likeness (QED) is 0.0380. The average Bonchev–Trinajstić information content (AvgIpc) is 3.48. The van der Waals surface area contributed by atoms with Crippen LogP contribution in [0.3, 0.4) is 0 Å². The summed E-state index contributed by atoms with van der Waals surface area (Å²) < 4.78 is 21.8. The first-order chi connectivity index (χ1) is 36.6. The summed E-state index contributed by atoms with van der Waals surface area (Å²) in [6.07, 6.45) is 2.72. The predicted molar refractivity (Wildman–Crippen MR) is 305 cm³/mol. The Balaban J connectivity index is 0.000000193. The van der Waals surface area contributed by atoms with E-state index in [1.54, 1.807) is 44.2 Å². The van der Waals surface area contributed by atoms with Crippen molar-refractivity contribution in [1.82, 2.24) is 0 Å². The van der Waals surface area contributed by atoms with Gasteiger partial charge in [-0.05, 0) is 124 Å². The average molecular weight is 1070 g/mol. The molecule has 14 nitrogen and oxygen atoms in total. The molecular formula is C64H72O14. The third-order valence-electron chi connectivity index (χ3n) is 14.1. The number of carbonyl (C=O) groups excluding carboxylic acids is 4. The molecule has 6 N–H and O–H groups in total. The van der Waals surface area contributed by atoms with Crippen molar-refractivity contribution in [3.8, 4) is 57.5 Å². The van der Waals surface area contributed by atoms with E-state index in [9.17, 15) is 49.8 Å². The molecule has 0 saturated carbocycles. The van der Waals surface area contributed by atoms with Crippen LogP contribution in [-0.4, -0.2) is 54.5 Å². The van der Waals surface area contributed by atoms with Gasteiger partial charge < -0.3 is 49.6 Å². The van der Waals surface area contributed by atoms with Crippen LogP contribution in [0.25, 0.3) is 43.1 Å². The molecule has 412 valence electrons. The van der Waals surface area contributed by atoms with Crippen LogP contribution in [-0.2, 0) is 19.2 Å². The molecule has 0 unspecified atom stereocenters. The second kappa shape index (κ2) is 25.1. The van der Waals surface area contributed by atoms with Gasteiger partial charge in [0.05, 0.1) is 21.7 Å². The summed E-state index contributed by atoms with van der Waals surface area (Å²) in [6, 6.07) is 36.6. The number of hydrogen-bond donors (Lipinski definition) is 6. The molecule has 0 saturated heterocycles. The van der Waals surface area contributed by atoms with Crippen molar-refractivity contribution in [2.45, 2.75) is 109 Å². The zero-order valence-corrected chi connectivity index (χ0v) is 46.5. The number of aromatic hydroxyl groups is 6. The number of carbonyl (C=O) groups is 4. The summed E-state index contributed by atoms with van der Waals surface area (Å²) in [5.74, 6) is 0.487. The minimum Gasteiger partial charge on any atom is -0.508 e. The monoisotopic (exact) mass is 1060 g/mol. The SMILES string of the molecule is CCC(C)(C)C(=O)Oc1c2ccccc2c(O)c2ccccc12.CCC(C)(C)C(=O)Oc1cc(O)cc(O)c1.CCC(C)(C)C(=O)Oc1ccc(O)c2cc(O)ccc12.CCC(C)(C)C(=O)Oc1ccc(O)c2ccccc12. The number of phenolic OH excluding ortho intramolecular Hbond substituents is 6. The lowest BCUT2D eigenvalue weighted by atomic mass is 9.90. The minimum absolute atomic E-state index is 0.0328. The van der Waals surface area contributed by atoms with Crippen LogP contribution in [0.2, 0.25) is 0 Å². The van der Waals surface area contributed by atoms with E-state index in [0.717, 1.165) is 16.2 Å². The van der Waals surface area contributed by atoms with Gasteiger partial charge in [-0.25, -0.2) is 0 Å². The zero-order valence-electron chi connectivity index (χ0n) is 46.5. The molecule has 0 heterocycles. The Hall–Kier alpha value is -8.52. The van der Waals surface area contributed by atoms with Crippen molar-refractivity contribution < 1.29 is 68.8 Å². The summed E-state index contributed by atoms with van der Waals surface area (Å²) in [4.78, 5) is 48.5. The Morgan fingerprint density at radius 1 is 0.346 bits per heavy atom. The molecule has 0 amide bonds. The standard InChI is InChI=1S/C20H20O3.C16H18O4.C16H18O3.C12H16O4/c1-4-20(2,3)19(22)23-18-15-11-7-5-9-13(15)17(21)14-10-6-8-12-16(14)18;1-4-16(2,3)15(19)20-14-8-7-13(18)12-9-10(17)5-6-11(12)14;1-4-16(2,3)15(18)19-14-10-9-13(17)11-7-5-6-8-12(11)14;1-4-12(2,3)11(15)16-10-6-8(13)5-9(14)7-10/h5-12,21H,4H2,1-3H3;5-9,17-18H,4H2,1-3H3;5-10,17H,4H2,1-3H3;5-7,13-14H,4H2,1-3H3. The molecule has 0 radical (unpaired) electrons. The minimum atomic E-state index is -0.582. The summed E-state index contributed by atoms with van der Waals surface area (Å²) in [5.41, 5.74) is -2.22. The summed E-state index contributed by atoms with van der Waals surface area (Å²) in [5, 5.41) is 63.3. The van der Waals surface area contributed by atoms with Crippen LogP contribution in [0.15, 0.2) is 133 Å². The maximum atomic E-state index is 12.6. The van der Waals surface area contributed by atoms with Gasteiger partial charge in [0.1, 0.15) is 57.5 Å². The van der Waals surface area contributed by atoms with Crippen molar-refractivity contribution in [2.75, 3.05) is 0 Å². The fourth-order valence-electron chi connectivity index (χ4n) is 7.06. The third-order valence-corrected chi connectivity index (χ3v) is 14.1. The highest BCUT2D eigenvalue weighted by molar-refractivity contribution is 6.11. The lowest BCUT2D eigenvalue weighted by Crippen LogP contribution is -2.28. The zero-order chi connectivity index (χ0) is 57.9. The first-order valence-corrected chi connectivity index (χ1v) is 25.8. The largest absolute Gasteiger partial charge is 0.508 e. The third kappa shape index (κ3) is 14.5. The van der Waals surface area contributed by atoms with Gasteiger partial charge in [0, 0.05) is 61.3 Å². The van der Waals surface area contributed by atoms with Gasteiger partial charge >= 0.3 is 23.9 Å². The molecule has 0 fully saturated rings. The second-order valence-corrected chi connectivity index (χ2v) is 21.4. The lowest BCUT2D eigenvalue weighted by molar-refractivity contribution is -0.144. The van der Waals surface area contributed by atoms with E-state index in [0.29, 0.717) is 69.9 Å². The van der Waals surface area contributed by atoms with Gasteiger partial charge in [0.2, 0.25) is 0 Å². The molecule has 0 aliphatic carbocycles. The first kappa shape index (κ1) is 60.3. The molecule has 0 aliphatic heterocycles. The Morgan fingerprint density at radius 2 is 0.692 bits per heavy atom. The Labute approximate surface area is 455 Å². The summed E-state index contributed by atoms with van der Waals surface area (Å²) in [6.45, 7) is 22.4. The number of phenols is 6. The maximum absolute atomic E-state index is 12.6. The van der Waals surface area contributed by atoms with E-state index in [1.807, 2.05) is 136 Å². The van der Waals surface area contributed by atoms with Gasteiger partial charge in [-0.1, -0.05) is 100 Å². The maximum Gasteiger partial charge on any atom is 0.316 e. The molecule has 0 spiro atoms. The number of hydrogen-bond acceptors (Lipinski definition) is 14. The normalized spacial score (nSPS) is 11.5. The van der Waals surface area contributed by atoms with E-state index >= 15 is 0 Å². The number of fused-ring (bicyclic) bond motifs is 4. The predicted octanol–water partition coefficient (Wildman–Crippen LogP) is 15.0. The van der Waals surface area contributed by atoms with Crippen LogP contribution in [0.5, 0.6) is 57.5 Å². The van der Waals surface area contributed by atoms with Crippen LogP contribution < -0.4 is 18.9 Å². The van der Waals surface area contributed by atoms with Crippen molar-refractivity contribution in [3.63, 3.8) is 0 Å². The van der Waals surface area contributed by atoms with Crippen LogP contribution in [0.4, 0.5) is 0 Å². The van der Waals surface area contributed by atoms with Crippen molar-refractivity contribution >= 4 is 67.0 Å². The Morgan fingerprint density at radius 3 is 1.12 bits per heavy atom. The number of benzene rings is 8. The number of rotatable bonds is 12. The van der Waals surface area contributed by atoms with Crippen molar-refractivity contribution in [3.05, 3.63) is 133 Å². The molecule has 0 aromatic heterocycles. The molecule has 78 heavy (non-hydrogen) atoms. The highest BCUT2D eigenvalue weighted by Gasteiger charge is 2.31. The molecule has 0 atom stereocenters. The molecule has 8 rings (SSSR count). The fourth-order valence-corrected chi connectivity index (χ4v) is 7.06. The van der Waals surface area contributed by atoms with E-state index in [1.165, 1.54) is 36.4 Å². The van der Waals surface area contributed by atoms with Gasteiger partial charge in [-0.3, -0.25) is 19.2 Å². The lowest BCUT2D eigenvalue weighted by Gasteiger charge is -2.22. The molecular weight excluding hydrogens is 993 g/mol. The van der Waals surface area contributed by atoms with Crippen LogP contribution in [0, 0.1) is 21.7 Å². The molecule has 0 aliphatic rings. The van der Waals surface area contributed by atoms with Gasteiger partial charge in [0.15, 0.2) is 0 Å². The van der Waals surface area contributed by atoms with Crippen molar-refractivity contribution in [2.24, 2.45) is 21.7 Å².